The van der Waals surface area contributed by atoms with E-state index in [0.717, 1.165) is 27.0 Å². The van der Waals surface area contributed by atoms with Gasteiger partial charge in [-0.25, -0.2) is 5.43 Å². The van der Waals surface area contributed by atoms with Gasteiger partial charge in [-0.15, -0.1) is 0 Å². The van der Waals surface area contributed by atoms with Gasteiger partial charge in [-0.1, -0.05) is 40.2 Å². The second-order valence-corrected chi connectivity index (χ2v) is 7.70. The third-order valence-electron chi connectivity index (χ3n) is 4.45. The molecule has 0 fully saturated rings. The Kier molecular flexibility index (Phi) is 8.06. The second kappa shape index (κ2) is 11.2. The lowest BCUT2D eigenvalue weighted by Gasteiger charge is -2.14. The highest BCUT2D eigenvalue weighted by Crippen LogP contribution is 2.19. The molecule has 0 aromatic heterocycles. The topological polar surface area (TPSA) is 72.0 Å². The van der Waals surface area contributed by atoms with Crippen molar-refractivity contribution in [3.63, 3.8) is 0 Å². The van der Waals surface area contributed by atoms with E-state index < -0.39 is 6.04 Å². The van der Waals surface area contributed by atoms with E-state index in [1.54, 1.807) is 20.2 Å². The lowest BCUT2D eigenvalue weighted by molar-refractivity contribution is -0.121. The van der Waals surface area contributed by atoms with E-state index in [1.165, 1.54) is 0 Å². The van der Waals surface area contributed by atoms with Crippen LogP contribution in [0.5, 0.6) is 11.5 Å². The summed E-state index contributed by atoms with van der Waals surface area (Å²) in [5.41, 5.74) is 5.20. The van der Waals surface area contributed by atoms with Gasteiger partial charge in [0.05, 0.1) is 13.3 Å². The van der Waals surface area contributed by atoms with Crippen LogP contribution < -0.4 is 20.2 Å². The van der Waals surface area contributed by atoms with Gasteiger partial charge in [-0.3, -0.25) is 4.79 Å². The van der Waals surface area contributed by atoms with Gasteiger partial charge in [0.1, 0.15) is 24.1 Å². The monoisotopic (exact) mass is 481 g/mol. The fraction of sp³-hybridized carbons (Fsp3) is 0.167. The van der Waals surface area contributed by atoms with E-state index in [0.29, 0.717) is 12.4 Å². The summed E-state index contributed by atoms with van der Waals surface area (Å²) < 4.78 is 12.1. The van der Waals surface area contributed by atoms with Crippen molar-refractivity contribution >= 4 is 33.7 Å². The number of carbonyl (C=O) groups excluding carboxylic acids is 1. The zero-order valence-corrected chi connectivity index (χ0v) is 18.9. The standard InChI is InChI=1S/C24H24BrN3O3/c1-17(27-21-10-12-22(30-2)13-11-21)24(29)28-26-15-19-7-3-4-9-23(19)31-16-18-6-5-8-20(25)14-18/h3-15,17,27H,16H2,1-2H3,(H,28,29)/t17-/m0/s1. The quantitative estimate of drug-likeness (QED) is 0.333. The predicted octanol–water partition coefficient (Wildman–Crippen LogP) is 4.99. The molecule has 0 unspecified atom stereocenters. The predicted molar refractivity (Wildman–Crippen MR) is 127 cm³/mol. The molecule has 31 heavy (non-hydrogen) atoms. The number of carbonyl (C=O) groups is 1. The van der Waals surface area contributed by atoms with Crippen LogP contribution in [0.2, 0.25) is 0 Å². The number of methoxy groups -OCH3 is 1. The number of ether oxygens (including phenoxy) is 2. The Morgan fingerprint density at radius 1 is 1.10 bits per heavy atom. The molecular weight excluding hydrogens is 458 g/mol. The van der Waals surface area contributed by atoms with Crippen molar-refractivity contribution < 1.29 is 14.3 Å². The Labute approximate surface area is 190 Å². The van der Waals surface area contributed by atoms with Gasteiger partial charge < -0.3 is 14.8 Å². The molecule has 1 amide bonds. The minimum atomic E-state index is -0.464. The van der Waals surface area contributed by atoms with Crippen LogP contribution in [0.4, 0.5) is 5.69 Å². The normalized spacial score (nSPS) is 11.7. The Hall–Kier alpha value is -3.32. The summed E-state index contributed by atoms with van der Waals surface area (Å²) >= 11 is 3.46. The van der Waals surface area contributed by atoms with Crippen LogP contribution in [0.25, 0.3) is 0 Å². The molecule has 2 N–H and O–H groups in total. The molecule has 0 radical (unpaired) electrons. The number of anilines is 1. The molecule has 3 aromatic rings. The number of halogens is 1. The van der Waals surface area contributed by atoms with Crippen molar-refractivity contribution in [3.8, 4) is 11.5 Å². The Morgan fingerprint density at radius 2 is 1.87 bits per heavy atom. The van der Waals surface area contributed by atoms with Crippen molar-refractivity contribution in [2.45, 2.75) is 19.6 Å². The molecule has 0 aliphatic carbocycles. The molecule has 160 valence electrons. The SMILES string of the molecule is COc1ccc(N[C@@H](C)C(=O)NN=Cc2ccccc2OCc2cccc(Br)c2)cc1. The van der Waals surface area contributed by atoms with E-state index in [-0.39, 0.29) is 5.91 Å². The average molecular weight is 482 g/mol. The highest BCUT2D eigenvalue weighted by Gasteiger charge is 2.11. The molecular formula is C24H24BrN3O3. The first-order valence-electron chi connectivity index (χ1n) is 9.75. The summed E-state index contributed by atoms with van der Waals surface area (Å²) in [6.45, 7) is 2.20. The van der Waals surface area contributed by atoms with Crippen LogP contribution in [0, 0.1) is 0 Å². The van der Waals surface area contributed by atoms with E-state index in [2.05, 4.69) is 31.8 Å². The molecule has 6 nitrogen and oxygen atoms in total. The van der Waals surface area contributed by atoms with E-state index in [4.69, 9.17) is 9.47 Å². The molecule has 0 aliphatic rings. The van der Waals surface area contributed by atoms with Gasteiger partial charge >= 0.3 is 0 Å². The number of rotatable bonds is 9. The van der Waals surface area contributed by atoms with Crippen LogP contribution in [-0.2, 0) is 11.4 Å². The summed E-state index contributed by atoms with van der Waals surface area (Å²) in [6.07, 6.45) is 1.58. The van der Waals surface area contributed by atoms with Gasteiger partial charge in [0, 0.05) is 15.7 Å². The number of amides is 1. The van der Waals surface area contributed by atoms with Gasteiger partial charge in [0.25, 0.3) is 5.91 Å². The van der Waals surface area contributed by atoms with Gasteiger partial charge in [0.15, 0.2) is 0 Å². The van der Waals surface area contributed by atoms with Crippen molar-refractivity contribution in [2.75, 3.05) is 12.4 Å². The third kappa shape index (κ3) is 6.86. The second-order valence-electron chi connectivity index (χ2n) is 6.79. The maximum absolute atomic E-state index is 12.3. The van der Waals surface area contributed by atoms with Crippen molar-refractivity contribution in [2.24, 2.45) is 5.10 Å². The van der Waals surface area contributed by atoms with Crippen molar-refractivity contribution in [1.82, 2.24) is 5.43 Å². The van der Waals surface area contributed by atoms with Crippen LogP contribution >= 0.6 is 15.9 Å². The minimum absolute atomic E-state index is 0.250. The molecule has 0 heterocycles. The zero-order valence-electron chi connectivity index (χ0n) is 17.3. The largest absolute Gasteiger partial charge is 0.497 e. The number of hydrogen-bond donors (Lipinski definition) is 2. The minimum Gasteiger partial charge on any atom is -0.497 e. The Bertz CT molecular complexity index is 1040. The number of nitrogens with zero attached hydrogens (tertiary/aromatic N) is 1. The molecule has 0 bridgehead atoms. The maximum atomic E-state index is 12.3. The maximum Gasteiger partial charge on any atom is 0.262 e. The summed E-state index contributed by atoms with van der Waals surface area (Å²) in [4.78, 5) is 12.3. The summed E-state index contributed by atoms with van der Waals surface area (Å²) in [6, 6.07) is 22.4. The molecule has 1 atom stereocenters. The lowest BCUT2D eigenvalue weighted by Crippen LogP contribution is -2.34. The first-order valence-corrected chi connectivity index (χ1v) is 10.5. The number of hydrogen-bond acceptors (Lipinski definition) is 5. The molecule has 0 aliphatic heterocycles. The number of nitrogens with one attached hydrogen (secondary N) is 2. The molecule has 0 saturated heterocycles. The van der Waals surface area contributed by atoms with Crippen LogP contribution in [0.3, 0.4) is 0 Å². The van der Waals surface area contributed by atoms with E-state index in [1.807, 2.05) is 72.8 Å². The molecule has 3 rings (SSSR count). The van der Waals surface area contributed by atoms with E-state index in [9.17, 15) is 4.79 Å². The smallest absolute Gasteiger partial charge is 0.262 e. The summed E-state index contributed by atoms with van der Waals surface area (Å²) in [7, 11) is 1.61. The number of benzene rings is 3. The van der Waals surface area contributed by atoms with Gasteiger partial charge in [0.2, 0.25) is 0 Å². The van der Waals surface area contributed by atoms with Crippen LogP contribution in [0.1, 0.15) is 18.1 Å². The Morgan fingerprint density at radius 3 is 2.61 bits per heavy atom. The van der Waals surface area contributed by atoms with Gasteiger partial charge in [-0.2, -0.15) is 5.10 Å². The van der Waals surface area contributed by atoms with Crippen molar-refractivity contribution in [1.29, 1.82) is 0 Å². The zero-order chi connectivity index (χ0) is 22.1. The Balaban J connectivity index is 1.55. The average Bonchev–Trinajstić information content (AvgIpc) is 2.79. The third-order valence-corrected chi connectivity index (χ3v) is 4.94. The van der Waals surface area contributed by atoms with E-state index >= 15 is 0 Å². The van der Waals surface area contributed by atoms with Gasteiger partial charge in [-0.05, 0) is 61.0 Å². The number of para-hydroxylation sites is 1. The fourth-order valence-corrected chi connectivity index (χ4v) is 3.22. The molecule has 7 heteroatoms. The molecule has 0 spiro atoms. The fourth-order valence-electron chi connectivity index (χ4n) is 2.77. The first kappa shape index (κ1) is 22.4. The highest BCUT2D eigenvalue weighted by molar-refractivity contribution is 9.10. The van der Waals surface area contributed by atoms with Crippen molar-refractivity contribution in [3.05, 3.63) is 88.4 Å². The molecule has 0 saturated carbocycles. The molecule has 3 aromatic carbocycles. The first-order chi connectivity index (χ1) is 15.0. The summed E-state index contributed by atoms with van der Waals surface area (Å²) in [5, 5.41) is 7.22. The number of hydrazone groups is 1. The lowest BCUT2D eigenvalue weighted by atomic mass is 10.2. The van der Waals surface area contributed by atoms with Crippen LogP contribution in [-0.4, -0.2) is 25.3 Å². The summed E-state index contributed by atoms with van der Waals surface area (Å²) in [5.74, 6) is 1.19. The highest BCUT2D eigenvalue weighted by atomic mass is 79.9. The van der Waals surface area contributed by atoms with Crippen LogP contribution in [0.15, 0.2) is 82.4 Å².